The number of nitrogens with zero attached hydrogens (tertiary/aromatic N) is 4. The second-order valence-electron chi connectivity index (χ2n) is 9.02. The third-order valence-electron chi connectivity index (χ3n) is 5.93. The second kappa shape index (κ2) is 13.9. The van der Waals surface area contributed by atoms with Crippen molar-refractivity contribution in [3.05, 3.63) is 65.8 Å². The third kappa shape index (κ3) is 8.10. The molecule has 0 spiro atoms. The summed E-state index contributed by atoms with van der Waals surface area (Å²) in [6.07, 6.45) is 11.9. The standard InChI is InChI=1S/C27H36F2N6.C2H6/c1-7-10-21(11-8-2)33-19(5)24-16-32-35-13-12-20(14-25(24)35)22(9-3)23-15-30-26(34-18(23)4)31-17-27(6,28)29;1-2/h9,12-16,21,33H,5,7-8,10-11,17H2,1-4,6H3,(H,30,31,34);1-2H3/b22-9-;. The summed E-state index contributed by atoms with van der Waals surface area (Å²) in [5, 5.41) is 10.7. The smallest absolute Gasteiger partial charge is 0.262 e. The minimum Gasteiger partial charge on any atom is -0.382 e. The number of aromatic nitrogens is 4. The van der Waals surface area contributed by atoms with Crippen LogP contribution in [0.3, 0.4) is 0 Å². The van der Waals surface area contributed by atoms with E-state index in [0.717, 1.165) is 66.1 Å². The van der Waals surface area contributed by atoms with E-state index in [2.05, 4.69) is 52.2 Å². The average molecular weight is 513 g/mol. The van der Waals surface area contributed by atoms with E-state index in [-0.39, 0.29) is 5.95 Å². The first kappa shape index (κ1) is 29.9. The van der Waals surface area contributed by atoms with Crippen LogP contribution in [0.2, 0.25) is 0 Å². The Labute approximate surface area is 220 Å². The molecule has 0 saturated carbocycles. The summed E-state index contributed by atoms with van der Waals surface area (Å²) in [5.74, 6) is -2.65. The van der Waals surface area contributed by atoms with E-state index in [0.29, 0.717) is 11.7 Å². The lowest BCUT2D eigenvalue weighted by Crippen LogP contribution is -2.27. The molecule has 0 atom stereocenters. The summed E-state index contributed by atoms with van der Waals surface area (Å²) < 4.78 is 28.2. The SMILES string of the molecule is C=C(NC(CCC)CCC)c1cnn2ccc(/C(=C/C)c3cnc(NCC(C)(F)F)nc3C)cc12.CC. The first-order valence-electron chi connectivity index (χ1n) is 13.2. The van der Waals surface area contributed by atoms with Crippen LogP contribution in [-0.2, 0) is 0 Å². The predicted molar refractivity (Wildman–Crippen MR) is 151 cm³/mol. The highest BCUT2D eigenvalue weighted by molar-refractivity contribution is 5.84. The lowest BCUT2D eigenvalue weighted by atomic mass is 9.98. The van der Waals surface area contributed by atoms with E-state index in [1.165, 1.54) is 0 Å². The predicted octanol–water partition coefficient (Wildman–Crippen LogP) is 7.51. The summed E-state index contributed by atoms with van der Waals surface area (Å²) >= 11 is 0. The summed E-state index contributed by atoms with van der Waals surface area (Å²) in [4.78, 5) is 8.66. The van der Waals surface area contributed by atoms with Gasteiger partial charge in [-0.05, 0) is 50.0 Å². The maximum absolute atomic E-state index is 13.2. The van der Waals surface area contributed by atoms with Crippen molar-refractivity contribution in [1.29, 1.82) is 0 Å². The molecule has 0 fully saturated rings. The number of rotatable bonds is 12. The normalized spacial score (nSPS) is 11.9. The molecule has 0 unspecified atom stereocenters. The molecule has 3 heterocycles. The van der Waals surface area contributed by atoms with Crippen LogP contribution in [0.4, 0.5) is 14.7 Å². The quantitative estimate of drug-likeness (QED) is 0.263. The Kier molecular flexibility index (Phi) is 11.2. The Morgan fingerprint density at radius 3 is 2.41 bits per heavy atom. The first-order chi connectivity index (χ1) is 17.7. The topological polar surface area (TPSA) is 67.1 Å². The van der Waals surface area contributed by atoms with Crippen LogP contribution in [0.5, 0.6) is 0 Å². The van der Waals surface area contributed by atoms with Crippen molar-refractivity contribution in [1.82, 2.24) is 24.9 Å². The zero-order valence-corrected chi connectivity index (χ0v) is 23.3. The van der Waals surface area contributed by atoms with Gasteiger partial charge in [-0.2, -0.15) is 5.10 Å². The monoisotopic (exact) mass is 512 g/mol. The van der Waals surface area contributed by atoms with Gasteiger partial charge in [-0.15, -0.1) is 0 Å². The molecular weight excluding hydrogens is 470 g/mol. The highest BCUT2D eigenvalue weighted by atomic mass is 19.3. The van der Waals surface area contributed by atoms with Crippen LogP contribution in [0, 0.1) is 6.92 Å². The minimum absolute atomic E-state index is 0.188. The highest BCUT2D eigenvalue weighted by Gasteiger charge is 2.21. The van der Waals surface area contributed by atoms with Gasteiger partial charge in [0.2, 0.25) is 5.95 Å². The van der Waals surface area contributed by atoms with Crippen LogP contribution in [0.1, 0.15) is 89.6 Å². The van der Waals surface area contributed by atoms with E-state index in [1.807, 2.05) is 56.7 Å². The van der Waals surface area contributed by atoms with E-state index in [9.17, 15) is 8.78 Å². The fraction of sp³-hybridized carbons (Fsp3) is 0.483. The Morgan fingerprint density at radius 1 is 1.16 bits per heavy atom. The van der Waals surface area contributed by atoms with Gasteiger partial charge in [-0.3, -0.25) is 0 Å². The van der Waals surface area contributed by atoms with Gasteiger partial charge in [0, 0.05) is 42.2 Å². The largest absolute Gasteiger partial charge is 0.382 e. The number of halogens is 2. The van der Waals surface area contributed by atoms with E-state index in [1.54, 1.807) is 6.20 Å². The number of alkyl halides is 2. The van der Waals surface area contributed by atoms with E-state index < -0.39 is 12.5 Å². The molecule has 3 aromatic rings. The van der Waals surface area contributed by atoms with Gasteiger partial charge in [0.25, 0.3) is 5.92 Å². The Balaban J connectivity index is 0.00000235. The number of aryl methyl sites for hydroxylation is 1. The van der Waals surface area contributed by atoms with Gasteiger partial charge in [0.05, 0.1) is 24.0 Å². The minimum atomic E-state index is -2.84. The maximum atomic E-state index is 13.2. The zero-order chi connectivity index (χ0) is 27.6. The van der Waals surface area contributed by atoms with Crippen molar-refractivity contribution in [2.45, 2.75) is 86.1 Å². The first-order valence-corrected chi connectivity index (χ1v) is 13.2. The Bertz CT molecular complexity index is 1190. The van der Waals surface area contributed by atoms with Crippen LogP contribution >= 0.6 is 0 Å². The molecule has 0 saturated heterocycles. The van der Waals surface area contributed by atoms with Crippen molar-refractivity contribution in [3.63, 3.8) is 0 Å². The summed E-state index contributed by atoms with van der Waals surface area (Å²) in [6.45, 7) is 16.8. The number of fused-ring (bicyclic) bond motifs is 1. The van der Waals surface area contributed by atoms with E-state index >= 15 is 0 Å². The molecule has 37 heavy (non-hydrogen) atoms. The van der Waals surface area contributed by atoms with Gasteiger partial charge >= 0.3 is 0 Å². The van der Waals surface area contributed by atoms with Crippen LogP contribution in [0.25, 0.3) is 16.8 Å². The fourth-order valence-electron chi connectivity index (χ4n) is 4.22. The highest BCUT2D eigenvalue weighted by Crippen LogP contribution is 2.28. The Morgan fingerprint density at radius 2 is 1.84 bits per heavy atom. The molecule has 0 bridgehead atoms. The van der Waals surface area contributed by atoms with Gasteiger partial charge in [0.15, 0.2) is 0 Å². The van der Waals surface area contributed by atoms with Crippen molar-refractivity contribution >= 4 is 22.7 Å². The second-order valence-corrected chi connectivity index (χ2v) is 9.02. The molecule has 6 nitrogen and oxygen atoms in total. The number of hydrogen-bond donors (Lipinski definition) is 2. The molecule has 0 aliphatic rings. The summed E-state index contributed by atoms with van der Waals surface area (Å²) in [7, 11) is 0. The molecule has 3 aromatic heterocycles. The van der Waals surface area contributed by atoms with E-state index in [4.69, 9.17) is 0 Å². The van der Waals surface area contributed by atoms with Gasteiger partial charge in [-0.25, -0.2) is 23.3 Å². The number of allylic oxidation sites excluding steroid dienone is 1. The fourth-order valence-corrected chi connectivity index (χ4v) is 4.22. The average Bonchev–Trinajstić information content (AvgIpc) is 3.29. The molecular formula is C29H42F2N6. The molecule has 0 aliphatic heterocycles. The zero-order valence-electron chi connectivity index (χ0n) is 23.3. The molecule has 8 heteroatoms. The summed E-state index contributed by atoms with van der Waals surface area (Å²) in [5.41, 5.74) is 6.28. The lowest BCUT2D eigenvalue weighted by Gasteiger charge is -2.20. The maximum Gasteiger partial charge on any atom is 0.262 e. The third-order valence-corrected chi connectivity index (χ3v) is 5.93. The number of hydrogen-bond acceptors (Lipinski definition) is 5. The van der Waals surface area contributed by atoms with Gasteiger partial charge in [0.1, 0.15) is 0 Å². The van der Waals surface area contributed by atoms with Crippen LogP contribution in [-0.4, -0.2) is 38.1 Å². The van der Waals surface area contributed by atoms with Crippen molar-refractivity contribution in [3.8, 4) is 0 Å². The van der Waals surface area contributed by atoms with Gasteiger partial charge in [-0.1, -0.05) is 53.2 Å². The van der Waals surface area contributed by atoms with Gasteiger partial charge < -0.3 is 10.6 Å². The number of nitrogens with one attached hydrogen (secondary N) is 2. The van der Waals surface area contributed by atoms with Crippen molar-refractivity contribution < 1.29 is 8.78 Å². The van der Waals surface area contributed by atoms with Crippen molar-refractivity contribution in [2.75, 3.05) is 11.9 Å². The molecule has 0 amide bonds. The molecule has 2 N–H and O–H groups in total. The molecule has 202 valence electrons. The van der Waals surface area contributed by atoms with Crippen molar-refractivity contribution in [2.24, 2.45) is 0 Å². The van der Waals surface area contributed by atoms with Crippen LogP contribution < -0.4 is 10.6 Å². The number of anilines is 1. The summed E-state index contributed by atoms with van der Waals surface area (Å²) in [6, 6.07) is 4.47. The number of pyridine rings is 1. The molecule has 0 aliphatic carbocycles. The lowest BCUT2D eigenvalue weighted by molar-refractivity contribution is 0.0366. The molecule has 0 radical (unpaired) electrons. The Hall–Kier alpha value is -3.29. The van der Waals surface area contributed by atoms with Crippen LogP contribution in [0.15, 0.2) is 43.4 Å². The molecule has 0 aromatic carbocycles. The molecule has 3 rings (SSSR count).